The van der Waals surface area contributed by atoms with Gasteiger partial charge >= 0.3 is 0 Å². The third-order valence-corrected chi connectivity index (χ3v) is 9.15. The summed E-state index contributed by atoms with van der Waals surface area (Å²) in [6, 6.07) is 19.1. The third-order valence-electron chi connectivity index (χ3n) is 7.11. The van der Waals surface area contributed by atoms with Crippen LogP contribution >= 0.6 is 11.6 Å². The van der Waals surface area contributed by atoms with Crippen molar-refractivity contribution in [2.24, 2.45) is 0 Å². The van der Waals surface area contributed by atoms with Gasteiger partial charge in [-0.15, -0.1) is 0 Å². The number of amides is 2. The molecule has 0 aliphatic rings. The van der Waals surface area contributed by atoms with Crippen LogP contribution in [0.5, 0.6) is 5.75 Å². The van der Waals surface area contributed by atoms with E-state index in [1.807, 2.05) is 58.9 Å². The van der Waals surface area contributed by atoms with Crippen molar-refractivity contribution < 1.29 is 22.7 Å². The molecule has 0 aliphatic carbocycles. The molecule has 3 aromatic rings. The van der Waals surface area contributed by atoms with Crippen molar-refractivity contribution in [2.45, 2.75) is 71.0 Å². The van der Waals surface area contributed by atoms with Gasteiger partial charge in [-0.2, -0.15) is 0 Å². The lowest BCUT2D eigenvalue weighted by atomic mass is 10.1. The van der Waals surface area contributed by atoms with Crippen molar-refractivity contribution in [1.29, 1.82) is 0 Å². The summed E-state index contributed by atoms with van der Waals surface area (Å²) >= 11 is 6.03. The summed E-state index contributed by atoms with van der Waals surface area (Å²) in [4.78, 5) is 29.1. The minimum absolute atomic E-state index is 0.0133. The topological polar surface area (TPSA) is 96.0 Å². The molecule has 3 rings (SSSR count). The molecule has 10 heteroatoms. The van der Waals surface area contributed by atoms with Crippen molar-refractivity contribution in [3.8, 4) is 5.75 Å². The van der Waals surface area contributed by atoms with Gasteiger partial charge in [-0.05, 0) is 93.3 Å². The Kier molecular flexibility index (Phi) is 11.8. The molecular weight excluding hydrogens is 574 g/mol. The Labute approximate surface area is 254 Å². The van der Waals surface area contributed by atoms with Crippen LogP contribution in [0.2, 0.25) is 5.02 Å². The summed E-state index contributed by atoms with van der Waals surface area (Å²) in [6.45, 7) is 9.60. The highest BCUT2D eigenvalue weighted by molar-refractivity contribution is 7.92. The maximum absolute atomic E-state index is 14.2. The first-order valence-electron chi connectivity index (χ1n) is 14.2. The molecule has 1 N–H and O–H groups in total. The molecule has 2 atom stereocenters. The summed E-state index contributed by atoms with van der Waals surface area (Å²) in [5, 5.41) is 3.38. The summed E-state index contributed by atoms with van der Waals surface area (Å²) < 4.78 is 34.6. The van der Waals surface area contributed by atoms with E-state index in [0.29, 0.717) is 23.8 Å². The number of anilines is 1. The van der Waals surface area contributed by atoms with E-state index < -0.39 is 28.5 Å². The van der Waals surface area contributed by atoms with Gasteiger partial charge in [0.15, 0.2) is 0 Å². The molecule has 0 fully saturated rings. The highest BCUT2D eigenvalue weighted by atomic mass is 35.5. The molecule has 0 unspecified atom stereocenters. The summed E-state index contributed by atoms with van der Waals surface area (Å²) in [7, 11) is -4.20. The summed E-state index contributed by atoms with van der Waals surface area (Å²) in [5.74, 6) is -0.205. The number of halogens is 1. The highest BCUT2D eigenvalue weighted by Crippen LogP contribution is 2.28. The average molecular weight is 614 g/mol. The monoisotopic (exact) mass is 613 g/mol. The quantitative estimate of drug-likeness (QED) is 0.242. The second-order valence-corrected chi connectivity index (χ2v) is 12.4. The van der Waals surface area contributed by atoms with Crippen molar-refractivity contribution in [2.75, 3.05) is 17.5 Å². The Morgan fingerprint density at radius 3 is 2.14 bits per heavy atom. The van der Waals surface area contributed by atoms with E-state index in [-0.39, 0.29) is 29.1 Å². The van der Waals surface area contributed by atoms with Crippen molar-refractivity contribution in [1.82, 2.24) is 10.2 Å². The number of benzene rings is 3. The second-order valence-electron chi connectivity index (χ2n) is 10.1. The molecule has 0 saturated carbocycles. The number of hydrogen-bond donors (Lipinski definition) is 1. The summed E-state index contributed by atoms with van der Waals surface area (Å²) in [6.07, 6.45) is 1.09. The lowest BCUT2D eigenvalue weighted by Crippen LogP contribution is -2.53. The molecule has 0 heterocycles. The molecule has 0 saturated heterocycles. The normalized spacial score (nSPS) is 12.7. The Hall–Kier alpha value is -3.56. The second kappa shape index (κ2) is 15.1. The molecule has 0 aromatic heterocycles. The zero-order valence-electron chi connectivity index (χ0n) is 24.8. The van der Waals surface area contributed by atoms with Crippen LogP contribution in [-0.2, 0) is 26.2 Å². The Morgan fingerprint density at radius 1 is 0.929 bits per heavy atom. The van der Waals surface area contributed by atoms with E-state index in [4.69, 9.17) is 16.3 Å². The Balaban J connectivity index is 2.07. The molecule has 0 bridgehead atoms. The lowest BCUT2D eigenvalue weighted by Gasteiger charge is -2.34. The number of ether oxygens (including phenoxy) is 1. The van der Waals surface area contributed by atoms with Crippen LogP contribution in [0.1, 0.15) is 51.7 Å². The van der Waals surface area contributed by atoms with Gasteiger partial charge in [0.05, 0.1) is 17.2 Å². The first-order valence-corrected chi connectivity index (χ1v) is 16.0. The molecule has 226 valence electrons. The SMILES string of the molecule is CCOc1ccc(N(CC(=O)N(Cc2ccccc2C)[C@@H](CC)C(=O)N[C@H](C)CC)S(=O)(=O)c2ccc(Cl)cc2)cc1. The van der Waals surface area contributed by atoms with Crippen molar-refractivity contribution in [3.63, 3.8) is 0 Å². The Morgan fingerprint density at radius 2 is 1.57 bits per heavy atom. The van der Waals surface area contributed by atoms with Crippen LogP contribution in [0, 0.1) is 6.92 Å². The van der Waals surface area contributed by atoms with E-state index in [1.54, 1.807) is 24.3 Å². The molecule has 0 radical (unpaired) electrons. The maximum Gasteiger partial charge on any atom is 0.264 e. The maximum atomic E-state index is 14.2. The Bertz CT molecular complexity index is 1450. The van der Waals surface area contributed by atoms with Gasteiger partial charge in [0.2, 0.25) is 11.8 Å². The standard InChI is InChI=1S/C32H40ClN3O5S/c1-6-24(5)34-32(38)30(7-2)35(21-25-12-10-9-11-23(25)4)31(37)22-36(27-15-17-28(18-16-27)41-8-3)42(39,40)29-19-13-26(33)14-20-29/h9-20,24,30H,6-8,21-22H2,1-5H3,(H,34,38)/t24-,30+/m1/s1. The van der Waals surface area contributed by atoms with Gasteiger partial charge in [-0.25, -0.2) is 8.42 Å². The van der Waals surface area contributed by atoms with E-state index in [9.17, 15) is 18.0 Å². The number of nitrogens with one attached hydrogen (secondary N) is 1. The van der Waals surface area contributed by atoms with Gasteiger partial charge in [-0.3, -0.25) is 13.9 Å². The van der Waals surface area contributed by atoms with Gasteiger partial charge in [-0.1, -0.05) is 49.7 Å². The molecular formula is C32H40ClN3O5S. The first-order chi connectivity index (χ1) is 20.0. The fourth-order valence-corrected chi connectivity index (χ4v) is 6.01. The largest absolute Gasteiger partial charge is 0.494 e. The highest BCUT2D eigenvalue weighted by Gasteiger charge is 2.34. The molecule has 2 amide bonds. The minimum atomic E-state index is -4.20. The van der Waals surface area contributed by atoms with Gasteiger partial charge in [0.25, 0.3) is 10.0 Å². The van der Waals surface area contributed by atoms with Crippen LogP contribution < -0.4 is 14.4 Å². The van der Waals surface area contributed by atoms with Crippen LogP contribution in [0.3, 0.4) is 0 Å². The number of nitrogens with zero attached hydrogens (tertiary/aromatic N) is 2. The van der Waals surface area contributed by atoms with Gasteiger partial charge in [0, 0.05) is 17.6 Å². The minimum Gasteiger partial charge on any atom is -0.494 e. The van der Waals surface area contributed by atoms with E-state index in [2.05, 4.69) is 5.32 Å². The molecule has 0 spiro atoms. The zero-order valence-corrected chi connectivity index (χ0v) is 26.4. The van der Waals surface area contributed by atoms with Crippen LogP contribution in [0.4, 0.5) is 5.69 Å². The van der Waals surface area contributed by atoms with E-state index >= 15 is 0 Å². The molecule has 42 heavy (non-hydrogen) atoms. The van der Waals surface area contributed by atoms with Gasteiger partial charge < -0.3 is 15.0 Å². The first kappa shape index (κ1) is 32.9. The predicted octanol–water partition coefficient (Wildman–Crippen LogP) is 5.96. The summed E-state index contributed by atoms with van der Waals surface area (Å²) in [5.41, 5.74) is 2.12. The van der Waals surface area contributed by atoms with E-state index in [1.165, 1.54) is 29.2 Å². The number of aryl methyl sites for hydroxylation is 1. The average Bonchev–Trinajstić information content (AvgIpc) is 2.97. The van der Waals surface area contributed by atoms with Crippen LogP contribution in [-0.4, -0.2) is 50.4 Å². The number of carbonyl (C=O) groups is 2. The number of sulfonamides is 1. The number of hydrogen-bond acceptors (Lipinski definition) is 5. The third kappa shape index (κ3) is 8.26. The van der Waals surface area contributed by atoms with Gasteiger partial charge in [0.1, 0.15) is 18.3 Å². The van der Waals surface area contributed by atoms with Crippen LogP contribution in [0.25, 0.3) is 0 Å². The lowest BCUT2D eigenvalue weighted by molar-refractivity contribution is -0.140. The molecule has 0 aliphatic heterocycles. The van der Waals surface area contributed by atoms with E-state index in [0.717, 1.165) is 21.9 Å². The number of carbonyl (C=O) groups excluding carboxylic acids is 2. The number of rotatable bonds is 14. The smallest absolute Gasteiger partial charge is 0.264 e. The zero-order chi connectivity index (χ0) is 30.9. The molecule has 8 nitrogen and oxygen atoms in total. The molecule has 3 aromatic carbocycles. The fraction of sp³-hybridized carbons (Fsp3) is 0.375. The predicted molar refractivity (Wildman–Crippen MR) is 167 cm³/mol. The van der Waals surface area contributed by atoms with Crippen LogP contribution in [0.15, 0.2) is 77.7 Å². The van der Waals surface area contributed by atoms with Crippen molar-refractivity contribution in [3.05, 3.63) is 88.9 Å². The van der Waals surface area contributed by atoms with Crippen molar-refractivity contribution >= 4 is 39.1 Å². The fourth-order valence-electron chi connectivity index (χ4n) is 4.47.